The van der Waals surface area contributed by atoms with Crippen molar-refractivity contribution in [3.8, 4) is 12.3 Å². The minimum absolute atomic E-state index is 0.0582. The lowest BCUT2D eigenvalue weighted by atomic mass is 10.2. The number of carbonyl (C=O) groups is 1. The van der Waals surface area contributed by atoms with E-state index in [1.807, 2.05) is 47.4 Å². The van der Waals surface area contributed by atoms with Gasteiger partial charge in [0.2, 0.25) is 0 Å². The normalized spacial score (nSPS) is 21.6. The lowest BCUT2D eigenvalue weighted by Crippen LogP contribution is -2.37. The number of piperidine rings is 1. The number of fused-ring (bicyclic) bond motifs is 2. The zero-order valence-corrected chi connectivity index (χ0v) is 17.5. The Morgan fingerprint density at radius 1 is 1.13 bits per heavy atom. The second kappa shape index (κ2) is 7.56. The standard InChI is InChI=1S/C24H24N6O/c1-4-15-6-5-7-16(10-15)27-23-18-11-17(8-9-21(18)25-14-26-23)28-24(31)30-12-19-20(13-30)22(19)29(2)3/h1,5-11,14,19-20,22H,12-13H2,2-3H3,(H,28,31)(H,25,26,27). The summed E-state index contributed by atoms with van der Waals surface area (Å²) in [5, 5.41) is 7.17. The first-order chi connectivity index (χ1) is 15.0. The largest absolute Gasteiger partial charge is 0.340 e. The van der Waals surface area contributed by atoms with Gasteiger partial charge in [0.15, 0.2) is 0 Å². The number of urea groups is 1. The number of nitrogens with zero attached hydrogens (tertiary/aromatic N) is 4. The average molecular weight is 412 g/mol. The number of nitrogens with one attached hydrogen (secondary N) is 2. The molecule has 5 rings (SSSR count). The molecule has 1 saturated carbocycles. The van der Waals surface area contributed by atoms with Gasteiger partial charge in [-0.15, -0.1) is 6.42 Å². The number of hydrogen-bond acceptors (Lipinski definition) is 5. The van der Waals surface area contributed by atoms with E-state index in [2.05, 4.69) is 45.5 Å². The molecule has 2 aromatic carbocycles. The molecule has 31 heavy (non-hydrogen) atoms. The number of aromatic nitrogens is 2. The number of likely N-dealkylation sites (tertiary alicyclic amines) is 1. The SMILES string of the molecule is C#Cc1cccc(Nc2ncnc3ccc(NC(=O)N4CC5C(C4)C5N(C)C)cc23)c1. The lowest BCUT2D eigenvalue weighted by Gasteiger charge is -2.22. The van der Waals surface area contributed by atoms with Gasteiger partial charge in [0.05, 0.1) is 5.52 Å². The molecule has 1 aliphatic heterocycles. The molecule has 0 radical (unpaired) electrons. The zero-order chi connectivity index (χ0) is 21.5. The van der Waals surface area contributed by atoms with Crippen molar-refractivity contribution in [3.63, 3.8) is 0 Å². The summed E-state index contributed by atoms with van der Waals surface area (Å²) in [6.07, 6.45) is 7.02. The number of anilines is 3. The molecule has 2 N–H and O–H groups in total. The van der Waals surface area contributed by atoms with E-state index in [0.29, 0.717) is 23.7 Å². The molecule has 0 bridgehead atoms. The minimum atomic E-state index is -0.0582. The van der Waals surface area contributed by atoms with Crippen molar-refractivity contribution in [1.82, 2.24) is 19.8 Å². The fraction of sp³-hybridized carbons (Fsp3) is 0.292. The first kappa shape index (κ1) is 19.3. The van der Waals surface area contributed by atoms with Gasteiger partial charge in [-0.1, -0.05) is 12.0 Å². The quantitative estimate of drug-likeness (QED) is 0.643. The third kappa shape index (κ3) is 3.66. The van der Waals surface area contributed by atoms with E-state index in [9.17, 15) is 4.79 Å². The molecule has 3 aromatic rings. The molecular formula is C24H24N6O. The molecule has 1 saturated heterocycles. The Morgan fingerprint density at radius 3 is 2.68 bits per heavy atom. The van der Waals surface area contributed by atoms with Crippen LogP contribution in [-0.4, -0.2) is 59.0 Å². The van der Waals surface area contributed by atoms with Crippen LogP contribution in [0.3, 0.4) is 0 Å². The van der Waals surface area contributed by atoms with Gasteiger partial charge >= 0.3 is 6.03 Å². The number of terminal acetylenes is 1. The van der Waals surface area contributed by atoms with Crippen LogP contribution >= 0.6 is 0 Å². The Kier molecular flexibility index (Phi) is 4.72. The van der Waals surface area contributed by atoms with Crippen LogP contribution in [-0.2, 0) is 0 Å². The molecule has 2 aliphatic rings. The van der Waals surface area contributed by atoms with E-state index < -0.39 is 0 Å². The van der Waals surface area contributed by atoms with Gasteiger partial charge in [-0.05, 0) is 62.3 Å². The van der Waals surface area contributed by atoms with Crippen molar-refractivity contribution in [3.05, 3.63) is 54.4 Å². The predicted octanol–water partition coefficient (Wildman–Crippen LogP) is 3.38. The topological polar surface area (TPSA) is 73.4 Å². The minimum Gasteiger partial charge on any atom is -0.340 e. The van der Waals surface area contributed by atoms with Crippen LogP contribution in [0.1, 0.15) is 5.56 Å². The maximum Gasteiger partial charge on any atom is 0.321 e. The number of rotatable bonds is 4. The Bertz CT molecular complexity index is 1190. The van der Waals surface area contributed by atoms with Gasteiger partial charge in [-0.25, -0.2) is 14.8 Å². The van der Waals surface area contributed by atoms with E-state index in [1.165, 1.54) is 6.33 Å². The van der Waals surface area contributed by atoms with Gasteiger partial charge in [0.1, 0.15) is 12.1 Å². The summed E-state index contributed by atoms with van der Waals surface area (Å²) in [7, 11) is 4.22. The van der Waals surface area contributed by atoms with Crippen molar-refractivity contribution >= 4 is 34.1 Å². The maximum atomic E-state index is 12.8. The summed E-state index contributed by atoms with van der Waals surface area (Å²) in [5.74, 6) is 4.49. The van der Waals surface area contributed by atoms with E-state index in [0.717, 1.165) is 40.9 Å². The van der Waals surface area contributed by atoms with E-state index in [4.69, 9.17) is 6.42 Å². The van der Waals surface area contributed by atoms with Crippen LogP contribution < -0.4 is 10.6 Å². The molecule has 1 aromatic heterocycles. The molecule has 1 aliphatic carbocycles. The predicted molar refractivity (Wildman–Crippen MR) is 122 cm³/mol. The first-order valence-electron chi connectivity index (χ1n) is 10.3. The summed E-state index contributed by atoms with van der Waals surface area (Å²) in [6, 6.07) is 13.8. The molecule has 2 fully saturated rings. The monoisotopic (exact) mass is 412 g/mol. The first-order valence-corrected chi connectivity index (χ1v) is 10.3. The van der Waals surface area contributed by atoms with Crippen LogP contribution in [0.2, 0.25) is 0 Å². The Morgan fingerprint density at radius 2 is 1.94 bits per heavy atom. The maximum absolute atomic E-state index is 12.8. The molecule has 7 nitrogen and oxygen atoms in total. The van der Waals surface area contributed by atoms with Crippen molar-refractivity contribution in [2.75, 3.05) is 37.8 Å². The summed E-state index contributed by atoms with van der Waals surface area (Å²) < 4.78 is 0. The molecule has 2 unspecified atom stereocenters. The average Bonchev–Trinajstić information content (AvgIpc) is 3.29. The third-order valence-corrected chi connectivity index (χ3v) is 6.21. The fourth-order valence-electron chi connectivity index (χ4n) is 4.69. The molecular weight excluding hydrogens is 388 g/mol. The van der Waals surface area contributed by atoms with Crippen LogP contribution in [0.15, 0.2) is 48.8 Å². The highest BCUT2D eigenvalue weighted by molar-refractivity contribution is 5.97. The number of carbonyl (C=O) groups excluding carboxylic acids is 1. The van der Waals surface area contributed by atoms with Crippen molar-refractivity contribution in [2.45, 2.75) is 6.04 Å². The van der Waals surface area contributed by atoms with Gasteiger partial charge in [0.25, 0.3) is 0 Å². The van der Waals surface area contributed by atoms with Crippen LogP contribution in [0.25, 0.3) is 10.9 Å². The van der Waals surface area contributed by atoms with Gasteiger partial charge < -0.3 is 20.4 Å². The molecule has 7 heteroatoms. The van der Waals surface area contributed by atoms with Crippen molar-refractivity contribution in [2.24, 2.45) is 11.8 Å². The highest BCUT2D eigenvalue weighted by Gasteiger charge is 2.57. The summed E-state index contributed by atoms with van der Waals surface area (Å²) in [4.78, 5) is 25.7. The fourth-order valence-corrected chi connectivity index (χ4v) is 4.69. The Balaban J connectivity index is 1.33. The Labute approximate surface area is 181 Å². The molecule has 156 valence electrons. The van der Waals surface area contributed by atoms with E-state index >= 15 is 0 Å². The molecule has 0 spiro atoms. The molecule has 2 amide bonds. The van der Waals surface area contributed by atoms with Crippen molar-refractivity contribution < 1.29 is 4.79 Å². The van der Waals surface area contributed by atoms with Gasteiger partial charge in [-0.2, -0.15) is 0 Å². The summed E-state index contributed by atoms with van der Waals surface area (Å²) in [5.41, 5.74) is 3.14. The highest BCUT2D eigenvalue weighted by atomic mass is 16.2. The summed E-state index contributed by atoms with van der Waals surface area (Å²) >= 11 is 0. The number of hydrogen-bond donors (Lipinski definition) is 2. The molecule has 2 heterocycles. The highest BCUT2D eigenvalue weighted by Crippen LogP contribution is 2.48. The van der Waals surface area contributed by atoms with Crippen LogP contribution in [0, 0.1) is 24.2 Å². The number of benzene rings is 2. The second-order valence-electron chi connectivity index (χ2n) is 8.42. The zero-order valence-electron chi connectivity index (χ0n) is 17.5. The smallest absolute Gasteiger partial charge is 0.321 e. The van der Waals surface area contributed by atoms with Crippen LogP contribution in [0.5, 0.6) is 0 Å². The lowest BCUT2D eigenvalue weighted by molar-refractivity contribution is 0.209. The van der Waals surface area contributed by atoms with E-state index in [1.54, 1.807) is 0 Å². The van der Waals surface area contributed by atoms with E-state index in [-0.39, 0.29) is 6.03 Å². The Hall–Kier alpha value is -3.63. The third-order valence-electron chi connectivity index (χ3n) is 6.21. The molecule has 2 atom stereocenters. The van der Waals surface area contributed by atoms with Gasteiger partial charge in [0, 0.05) is 41.5 Å². The van der Waals surface area contributed by atoms with Gasteiger partial charge in [-0.3, -0.25) is 0 Å². The second-order valence-corrected chi connectivity index (χ2v) is 8.42. The summed E-state index contributed by atoms with van der Waals surface area (Å²) in [6.45, 7) is 1.63. The van der Waals surface area contributed by atoms with Crippen LogP contribution in [0.4, 0.5) is 22.0 Å². The van der Waals surface area contributed by atoms with Crippen molar-refractivity contribution in [1.29, 1.82) is 0 Å². The number of amides is 2.